The van der Waals surface area contributed by atoms with Crippen molar-refractivity contribution in [1.29, 1.82) is 0 Å². The van der Waals surface area contributed by atoms with E-state index in [0.717, 1.165) is 12.8 Å². The van der Waals surface area contributed by atoms with Gasteiger partial charge in [-0.2, -0.15) is 0 Å². The molecule has 2 nitrogen and oxygen atoms in total. The average Bonchev–Trinajstić information content (AvgIpc) is 2.42. The zero-order valence-corrected chi connectivity index (χ0v) is 12.6. The molecule has 0 aliphatic heterocycles. The molecule has 1 fully saturated rings. The lowest BCUT2D eigenvalue weighted by Crippen LogP contribution is -2.62. The second-order valence-electron chi connectivity index (χ2n) is 6.43. The van der Waals surface area contributed by atoms with Crippen molar-refractivity contribution in [2.24, 2.45) is 5.41 Å². The minimum atomic E-state index is 0.260. The molecule has 106 valence electrons. The number of hydrogen-bond donors (Lipinski definition) is 1. The molecule has 2 rings (SSSR count). The van der Waals surface area contributed by atoms with Gasteiger partial charge in [0.15, 0.2) is 0 Å². The van der Waals surface area contributed by atoms with Gasteiger partial charge < -0.3 is 10.1 Å². The molecule has 1 aliphatic carbocycles. The maximum atomic E-state index is 5.50. The van der Waals surface area contributed by atoms with Gasteiger partial charge in [-0.3, -0.25) is 0 Å². The lowest BCUT2D eigenvalue weighted by molar-refractivity contribution is -0.0999. The van der Waals surface area contributed by atoms with E-state index in [0.29, 0.717) is 18.2 Å². The maximum Gasteiger partial charge on any atom is 0.0652 e. The average molecular weight is 261 g/mol. The van der Waals surface area contributed by atoms with Gasteiger partial charge in [0, 0.05) is 24.6 Å². The van der Waals surface area contributed by atoms with Crippen LogP contribution in [0.1, 0.15) is 39.2 Å². The molecule has 19 heavy (non-hydrogen) atoms. The van der Waals surface area contributed by atoms with Gasteiger partial charge in [-0.15, -0.1) is 0 Å². The van der Waals surface area contributed by atoms with E-state index in [4.69, 9.17) is 4.74 Å². The predicted molar refractivity (Wildman–Crippen MR) is 80.3 cm³/mol. The summed E-state index contributed by atoms with van der Waals surface area (Å²) >= 11 is 0. The zero-order chi connectivity index (χ0) is 13.9. The minimum Gasteiger partial charge on any atom is -0.381 e. The Bertz CT molecular complexity index is 388. The largest absolute Gasteiger partial charge is 0.381 e. The van der Waals surface area contributed by atoms with E-state index in [1.807, 2.05) is 7.11 Å². The van der Waals surface area contributed by atoms with Crippen LogP contribution in [-0.4, -0.2) is 25.3 Å². The fourth-order valence-corrected chi connectivity index (χ4v) is 3.02. The van der Waals surface area contributed by atoms with Crippen LogP contribution in [0, 0.1) is 5.41 Å². The highest BCUT2D eigenvalue weighted by molar-refractivity contribution is 5.14. The molecule has 0 saturated heterocycles. The Labute approximate surface area is 117 Å². The Kier molecular flexibility index (Phi) is 4.64. The molecule has 0 bridgehead atoms. The minimum absolute atomic E-state index is 0.260. The SMILES string of the molecule is COC1CC(NC(C)CCc2ccccc2)C1(C)C. The Morgan fingerprint density at radius 3 is 2.58 bits per heavy atom. The third-order valence-corrected chi connectivity index (χ3v) is 4.66. The second kappa shape index (κ2) is 6.06. The summed E-state index contributed by atoms with van der Waals surface area (Å²) in [6.45, 7) is 6.89. The zero-order valence-electron chi connectivity index (χ0n) is 12.6. The van der Waals surface area contributed by atoms with Crippen LogP contribution >= 0.6 is 0 Å². The number of ether oxygens (including phenoxy) is 1. The van der Waals surface area contributed by atoms with Crippen molar-refractivity contribution in [1.82, 2.24) is 5.32 Å². The van der Waals surface area contributed by atoms with Crippen molar-refractivity contribution in [2.45, 2.75) is 58.2 Å². The quantitative estimate of drug-likeness (QED) is 0.847. The highest BCUT2D eigenvalue weighted by atomic mass is 16.5. The number of hydrogen-bond acceptors (Lipinski definition) is 2. The summed E-state index contributed by atoms with van der Waals surface area (Å²) in [5.41, 5.74) is 1.69. The highest BCUT2D eigenvalue weighted by Gasteiger charge is 2.48. The molecule has 1 aromatic carbocycles. The number of methoxy groups -OCH3 is 1. The Balaban J connectivity index is 1.75. The molecule has 0 aromatic heterocycles. The fourth-order valence-electron chi connectivity index (χ4n) is 3.02. The van der Waals surface area contributed by atoms with E-state index in [2.05, 4.69) is 56.4 Å². The van der Waals surface area contributed by atoms with Crippen LogP contribution in [0.4, 0.5) is 0 Å². The number of nitrogens with one attached hydrogen (secondary N) is 1. The topological polar surface area (TPSA) is 21.3 Å². The molecule has 1 aromatic rings. The molecule has 2 heteroatoms. The van der Waals surface area contributed by atoms with Gasteiger partial charge in [-0.25, -0.2) is 0 Å². The van der Waals surface area contributed by atoms with Gasteiger partial charge >= 0.3 is 0 Å². The van der Waals surface area contributed by atoms with E-state index in [-0.39, 0.29) is 5.41 Å². The summed E-state index contributed by atoms with van der Waals surface area (Å²) < 4.78 is 5.50. The molecular formula is C17H27NO. The van der Waals surface area contributed by atoms with Gasteiger partial charge in [0.1, 0.15) is 0 Å². The monoisotopic (exact) mass is 261 g/mol. The lowest BCUT2D eigenvalue weighted by atomic mass is 9.64. The van der Waals surface area contributed by atoms with Gasteiger partial charge in [0.25, 0.3) is 0 Å². The first-order valence-electron chi connectivity index (χ1n) is 7.36. The van der Waals surface area contributed by atoms with Crippen LogP contribution in [0.25, 0.3) is 0 Å². The molecular weight excluding hydrogens is 234 g/mol. The van der Waals surface area contributed by atoms with Crippen LogP contribution in [0.5, 0.6) is 0 Å². The van der Waals surface area contributed by atoms with Crippen LogP contribution in [0.2, 0.25) is 0 Å². The highest BCUT2D eigenvalue weighted by Crippen LogP contribution is 2.42. The lowest BCUT2D eigenvalue weighted by Gasteiger charge is -2.52. The van der Waals surface area contributed by atoms with Gasteiger partial charge in [0.05, 0.1) is 6.10 Å². The molecule has 3 unspecified atom stereocenters. The van der Waals surface area contributed by atoms with E-state index in [1.54, 1.807) is 0 Å². The van der Waals surface area contributed by atoms with Crippen LogP contribution in [0.15, 0.2) is 30.3 Å². The smallest absolute Gasteiger partial charge is 0.0652 e. The summed E-state index contributed by atoms with van der Waals surface area (Å²) in [5.74, 6) is 0. The van der Waals surface area contributed by atoms with Crippen molar-refractivity contribution in [2.75, 3.05) is 7.11 Å². The first-order valence-corrected chi connectivity index (χ1v) is 7.36. The maximum absolute atomic E-state index is 5.50. The van der Waals surface area contributed by atoms with E-state index < -0.39 is 0 Å². The predicted octanol–water partition coefficient (Wildman–Crippen LogP) is 3.41. The fraction of sp³-hybridized carbons (Fsp3) is 0.647. The van der Waals surface area contributed by atoms with Crippen molar-refractivity contribution in [3.63, 3.8) is 0 Å². The van der Waals surface area contributed by atoms with E-state index >= 15 is 0 Å². The summed E-state index contributed by atoms with van der Waals surface area (Å²) in [7, 11) is 1.82. The van der Waals surface area contributed by atoms with Crippen LogP contribution < -0.4 is 5.32 Å². The Morgan fingerprint density at radius 2 is 2.00 bits per heavy atom. The standard InChI is InChI=1S/C17H27NO/c1-13(10-11-14-8-6-5-7-9-14)18-15-12-16(19-4)17(15,2)3/h5-9,13,15-16,18H,10-12H2,1-4H3. The molecule has 1 N–H and O–H groups in total. The summed E-state index contributed by atoms with van der Waals surface area (Å²) in [6.07, 6.45) is 3.88. The Morgan fingerprint density at radius 1 is 1.32 bits per heavy atom. The van der Waals surface area contributed by atoms with E-state index in [9.17, 15) is 0 Å². The third kappa shape index (κ3) is 3.37. The summed E-state index contributed by atoms with van der Waals surface area (Å²) in [5, 5.41) is 3.76. The van der Waals surface area contributed by atoms with Crippen LogP contribution in [0.3, 0.4) is 0 Å². The van der Waals surface area contributed by atoms with Crippen molar-refractivity contribution < 1.29 is 4.74 Å². The molecule has 0 spiro atoms. The first kappa shape index (κ1) is 14.5. The molecule has 0 heterocycles. The van der Waals surface area contributed by atoms with Crippen LogP contribution in [-0.2, 0) is 11.2 Å². The van der Waals surface area contributed by atoms with Crippen molar-refractivity contribution in [3.8, 4) is 0 Å². The van der Waals surface area contributed by atoms with Gasteiger partial charge in [-0.05, 0) is 31.7 Å². The molecule has 3 atom stereocenters. The first-order chi connectivity index (χ1) is 9.04. The number of rotatable bonds is 6. The van der Waals surface area contributed by atoms with Gasteiger partial charge in [0.2, 0.25) is 0 Å². The third-order valence-electron chi connectivity index (χ3n) is 4.66. The molecule has 0 amide bonds. The van der Waals surface area contributed by atoms with Gasteiger partial charge in [-0.1, -0.05) is 44.2 Å². The molecule has 0 radical (unpaired) electrons. The second-order valence-corrected chi connectivity index (χ2v) is 6.43. The number of benzene rings is 1. The van der Waals surface area contributed by atoms with Crippen molar-refractivity contribution in [3.05, 3.63) is 35.9 Å². The summed E-state index contributed by atoms with van der Waals surface area (Å²) in [6, 6.07) is 11.9. The summed E-state index contributed by atoms with van der Waals surface area (Å²) in [4.78, 5) is 0. The molecule has 1 saturated carbocycles. The Hall–Kier alpha value is -0.860. The normalized spacial score (nSPS) is 26.7. The molecule has 1 aliphatic rings. The van der Waals surface area contributed by atoms with E-state index in [1.165, 1.54) is 12.0 Å². The van der Waals surface area contributed by atoms with Crippen molar-refractivity contribution >= 4 is 0 Å². The number of aryl methyl sites for hydroxylation is 1.